The maximum absolute atomic E-state index is 10.9. The first-order valence-electron chi connectivity index (χ1n) is 3.82. The predicted molar refractivity (Wildman–Crippen MR) is 51.9 cm³/mol. The summed E-state index contributed by atoms with van der Waals surface area (Å²) in [5.41, 5.74) is 5.09. The van der Waals surface area contributed by atoms with Crippen molar-refractivity contribution < 1.29 is 9.90 Å². The van der Waals surface area contributed by atoms with Crippen molar-refractivity contribution in [2.45, 2.75) is 26.2 Å². The Morgan fingerprint density at radius 3 is 2.46 bits per heavy atom. The van der Waals surface area contributed by atoms with E-state index in [-0.39, 0.29) is 0 Å². The van der Waals surface area contributed by atoms with E-state index in [1.165, 1.54) is 11.3 Å². The Balaban J connectivity index is 3.21. The molecule has 72 valence electrons. The molecule has 0 atom stereocenters. The Kier molecular flexibility index (Phi) is 2.30. The maximum atomic E-state index is 10.9. The molecule has 1 heterocycles. The number of carboxylic acids is 1. The van der Waals surface area contributed by atoms with Gasteiger partial charge < -0.3 is 10.8 Å². The van der Waals surface area contributed by atoms with Gasteiger partial charge >= 0.3 is 5.97 Å². The Morgan fingerprint density at radius 2 is 2.15 bits per heavy atom. The fourth-order valence-electron chi connectivity index (χ4n) is 1.10. The van der Waals surface area contributed by atoms with E-state index in [0.29, 0.717) is 10.8 Å². The smallest absolute Gasteiger partial charge is 0.315 e. The highest BCUT2D eigenvalue weighted by molar-refractivity contribution is 7.15. The van der Waals surface area contributed by atoms with Crippen LogP contribution in [0.15, 0.2) is 0 Å². The van der Waals surface area contributed by atoms with Crippen molar-refractivity contribution in [1.29, 1.82) is 0 Å². The Bertz CT molecular complexity index is 344. The molecule has 3 N–H and O–H groups in total. The number of anilines is 1. The van der Waals surface area contributed by atoms with Gasteiger partial charge in [-0.05, 0) is 20.8 Å². The van der Waals surface area contributed by atoms with Crippen LogP contribution in [0.3, 0.4) is 0 Å². The molecule has 0 aromatic carbocycles. The lowest BCUT2D eigenvalue weighted by molar-refractivity contribution is -0.142. The highest BCUT2D eigenvalue weighted by Gasteiger charge is 2.33. The molecule has 0 spiro atoms. The monoisotopic (exact) mass is 200 g/mol. The number of aromatic nitrogens is 1. The molecule has 0 bridgehead atoms. The molecule has 0 aliphatic heterocycles. The number of hydrogen-bond acceptors (Lipinski definition) is 4. The molecule has 0 fully saturated rings. The number of rotatable bonds is 2. The average molecular weight is 200 g/mol. The second-order valence-electron chi connectivity index (χ2n) is 3.39. The lowest BCUT2D eigenvalue weighted by Crippen LogP contribution is -2.29. The molecule has 5 heteroatoms. The van der Waals surface area contributed by atoms with Gasteiger partial charge in [-0.3, -0.25) is 4.79 Å². The van der Waals surface area contributed by atoms with E-state index in [1.54, 1.807) is 13.8 Å². The normalized spacial score (nSPS) is 11.6. The van der Waals surface area contributed by atoms with Crippen LogP contribution in [0.4, 0.5) is 5.13 Å². The lowest BCUT2D eigenvalue weighted by Gasteiger charge is -2.17. The van der Waals surface area contributed by atoms with Gasteiger partial charge in [-0.25, -0.2) is 4.98 Å². The standard InChI is InChI=1S/C8H12N2O2S/c1-4-5(10-7(9)13-4)8(2,3)6(11)12/h1-3H3,(H2,9,10)(H,11,12). The molecule has 1 aromatic heterocycles. The molecule has 0 unspecified atom stereocenters. The number of carboxylic acid groups (broad SMARTS) is 1. The van der Waals surface area contributed by atoms with Crippen LogP contribution in [0.1, 0.15) is 24.4 Å². The van der Waals surface area contributed by atoms with E-state index in [2.05, 4.69) is 4.98 Å². The van der Waals surface area contributed by atoms with Gasteiger partial charge in [0, 0.05) is 4.88 Å². The summed E-state index contributed by atoms with van der Waals surface area (Å²) in [5.74, 6) is -0.888. The first-order valence-corrected chi connectivity index (χ1v) is 4.64. The van der Waals surface area contributed by atoms with Gasteiger partial charge in [-0.15, -0.1) is 11.3 Å². The molecule has 4 nitrogen and oxygen atoms in total. The van der Waals surface area contributed by atoms with Gasteiger partial charge in [0.15, 0.2) is 5.13 Å². The van der Waals surface area contributed by atoms with Crippen LogP contribution in [-0.4, -0.2) is 16.1 Å². The molecule has 13 heavy (non-hydrogen) atoms. The number of thiazole rings is 1. The van der Waals surface area contributed by atoms with E-state index in [0.717, 1.165) is 4.88 Å². The number of carbonyl (C=O) groups is 1. The van der Waals surface area contributed by atoms with E-state index in [1.807, 2.05) is 6.92 Å². The van der Waals surface area contributed by atoms with E-state index in [4.69, 9.17) is 10.8 Å². The van der Waals surface area contributed by atoms with Crippen molar-refractivity contribution in [3.8, 4) is 0 Å². The minimum Gasteiger partial charge on any atom is -0.481 e. The van der Waals surface area contributed by atoms with Crippen LogP contribution in [0.2, 0.25) is 0 Å². The quantitative estimate of drug-likeness (QED) is 0.756. The van der Waals surface area contributed by atoms with Crippen LogP contribution in [-0.2, 0) is 10.2 Å². The number of hydrogen-bond donors (Lipinski definition) is 2. The van der Waals surface area contributed by atoms with Crippen molar-refractivity contribution in [1.82, 2.24) is 4.98 Å². The molecule has 0 aliphatic carbocycles. The van der Waals surface area contributed by atoms with Gasteiger partial charge in [0.1, 0.15) is 5.41 Å². The molecular formula is C8H12N2O2S. The van der Waals surface area contributed by atoms with E-state index < -0.39 is 11.4 Å². The SMILES string of the molecule is Cc1sc(N)nc1C(C)(C)C(=O)O. The number of aryl methyl sites for hydroxylation is 1. The first-order chi connectivity index (χ1) is 5.85. The lowest BCUT2D eigenvalue weighted by atomic mass is 9.89. The number of nitrogen functional groups attached to an aromatic ring is 1. The maximum Gasteiger partial charge on any atom is 0.315 e. The van der Waals surface area contributed by atoms with Crippen LogP contribution >= 0.6 is 11.3 Å². The molecule has 1 rings (SSSR count). The summed E-state index contributed by atoms with van der Waals surface area (Å²) in [6.45, 7) is 5.07. The van der Waals surface area contributed by atoms with Gasteiger partial charge in [-0.2, -0.15) is 0 Å². The fraction of sp³-hybridized carbons (Fsp3) is 0.500. The Hall–Kier alpha value is -1.10. The van der Waals surface area contributed by atoms with E-state index in [9.17, 15) is 4.79 Å². The molecule has 0 amide bonds. The van der Waals surface area contributed by atoms with E-state index >= 15 is 0 Å². The van der Waals surface area contributed by atoms with Crippen LogP contribution in [0, 0.1) is 6.92 Å². The van der Waals surface area contributed by atoms with Crippen molar-refractivity contribution >= 4 is 22.4 Å². The summed E-state index contributed by atoms with van der Waals surface area (Å²) in [4.78, 5) is 15.8. The third kappa shape index (κ3) is 1.65. The zero-order chi connectivity index (χ0) is 10.2. The summed E-state index contributed by atoms with van der Waals surface area (Å²) < 4.78 is 0. The first kappa shape index (κ1) is 9.98. The average Bonchev–Trinajstić information content (AvgIpc) is 2.30. The van der Waals surface area contributed by atoms with Crippen LogP contribution in [0.25, 0.3) is 0 Å². The highest BCUT2D eigenvalue weighted by Crippen LogP contribution is 2.30. The van der Waals surface area contributed by atoms with Gasteiger partial charge in [0.05, 0.1) is 5.69 Å². The zero-order valence-corrected chi connectivity index (χ0v) is 8.60. The second-order valence-corrected chi connectivity index (χ2v) is 4.62. The van der Waals surface area contributed by atoms with Gasteiger partial charge in [0.2, 0.25) is 0 Å². The number of nitrogens with two attached hydrogens (primary N) is 1. The van der Waals surface area contributed by atoms with Crippen LogP contribution in [0.5, 0.6) is 0 Å². The molecule has 0 aliphatic rings. The summed E-state index contributed by atoms with van der Waals surface area (Å²) in [6.07, 6.45) is 0. The molecule has 0 saturated carbocycles. The zero-order valence-electron chi connectivity index (χ0n) is 7.79. The third-order valence-electron chi connectivity index (χ3n) is 1.94. The molecule has 0 saturated heterocycles. The summed E-state index contributed by atoms with van der Waals surface area (Å²) in [7, 11) is 0. The fourth-order valence-corrected chi connectivity index (χ4v) is 1.95. The largest absolute Gasteiger partial charge is 0.481 e. The van der Waals surface area contributed by atoms with Crippen LogP contribution < -0.4 is 5.73 Å². The highest BCUT2D eigenvalue weighted by atomic mass is 32.1. The summed E-state index contributed by atoms with van der Waals surface area (Å²) >= 11 is 1.32. The third-order valence-corrected chi connectivity index (χ3v) is 2.74. The Labute approximate surface area is 80.4 Å². The molecule has 0 radical (unpaired) electrons. The second kappa shape index (κ2) is 2.99. The summed E-state index contributed by atoms with van der Waals surface area (Å²) in [6, 6.07) is 0. The number of nitrogens with zero attached hydrogens (tertiary/aromatic N) is 1. The van der Waals surface area contributed by atoms with Crippen molar-refractivity contribution in [3.63, 3.8) is 0 Å². The topological polar surface area (TPSA) is 76.2 Å². The molecular weight excluding hydrogens is 188 g/mol. The minimum absolute atomic E-state index is 0.418. The van der Waals surface area contributed by atoms with Crippen molar-refractivity contribution in [2.75, 3.05) is 5.73 Å². The molecule has 1 aromatic rings. The van der Waals surface area contributed by atoms with Crippen molar-refractivity contribution in [2.24, 2.45) is 0 Å². The van der Waals surface area contributed by atoms with Gasteiger partial charge in [0.25, 0.3) is 0 Å². The number of aliphatic carboxylic acids is 1. The van der Waals surface area contributed by atoms with Crippen molar-refractivity contribution in [3.05, 3.63) is 10.6 Å². The predicted octanol–water partition coefficient (Wildman–Crippen LogP) is 1.40. The summed E-state index contributed by atoms with van der Waals surface area (Å²) in [5, 5.41) is 9.37. The Morgan fingerprint density at radius 1 is 1.62 bits per heavy atom. The minimum atomic E-state index is -0.960. The van der Waals surface area contributed by atoms with Gasteiger partial charge in [-0.1, -0.05) is 0 Å².